The fraction of sp³-hybridized carbons (Fsp3) is 0.286. The summed E-state index contributed by atoms with van der Waals surface area (Å²) in [7, 11) is 1.56. The summed E-state index contributed by atoms with van der Waals surface area (Å²) in [6.07, 6.45) is 3.30. The Labute approximate surface area is 117 Å². The van der Waals surface area contributed by atoms with Crippen molar-refractivity contribution >= 4 is 11.6 Å². The third kappa shape index (κ3) is 3.58. The summed E-state index contributed by atoms with van der Waals surface area (Å²) in [4.78, 5) is 12.1. The topological polar surface area (TPSA) is 65.4 Å². The first kappa shape index (κ1) is 14.1. The number of hydrogen-bond acceptors (Lipinski definition) is 4. The number of ether oxygens (including phenoxy) is 2. The van der Waals surface area contributed by atoms with E-state index in [1.165, 1.54) is 0 Å². The van der Waals surface area contributed by atoms with Crippen LogP contribution in [-0.4, -0.2) is 29.4 Å². The minimum atomic E-state index is -0.208. The summed E-state index contributed by atoms with van der Waals surface area (Å²) < 4.78 is 11.9. The Bertz CT molecular complexity index is 581. The quantitative estimate of drug-likeness (QED) is 0.877. The van der Waals surface area contributed by atoms with E-state index in [4.69, 9.17) is 9.47 Å². The largest absolute Gasteiger partial charge is 0.497 e. The molecule has 0 aliphatic carbocycles. The number of benzene rings is 1. The van der Waals surface area contributed by atoms with Crippen LogP contribution in [0.1, 0.15) is 17.3 Å². The van der Waals surface area contributed by atoms with Crippen LogP contribution in [0.3, 0.4) is 0 Å². The van der Waals surface area contributed by atoms with E-state index >= 15 is 0 Å². The maximum Gasteiger partial charge on any atom is 0.255 e. The Kier molecular flexibility index (Phi) is 4.73. The minimum Gasteiger partial charge on any atom is -0.497 e. The highest BCUT2D eigenvalue weighted by atomic mass is 16.5. The first-order valence-electron chi connectivity index (χ1n) is 6.28. The lowest BCUT2D eigenvalue weighted by atomic mass is 10.2. The second-order valence-electron chi connectivity index (χ2n) is 4.08. The molecule has 1 aromatic carbocycles. The molecule has 0 unspecified atom stereocenters. The lowest BCUT2D eigenvalue weighted by Gasteiger charge is -2.04. The van der Waals surface area contributed by atoms with E-state index < -0.39 is 0 Å². The van der Waals surface area contributed by atoms with E-state index in [-0.39, 0.29) is 5.91 Å². The van der Waals surface area contributed by atoms with Crippen molar-refractivity contribution in [2.75, 3.05) is 19.0 Å². The molecule has 20 heavy (non-hydrogen) atoms. The summed E-state index contributed by atoms with van der Waals surface area (Å²) in [5.74, 6) is 0.435. The van der Waals surface area contributed by atoms with E-state index in [0.717, 1.165) is 0 Å². The van der Waals surface area contributed by atoms with E-state index in [2.05, 4.69) is 10.4 Å². The minimum absolute atomic E-state index is 0.208. The number of amides is 1. The van der Waals surface area contributed by atoms with Crippen molar-refractivity contribution in [1.29, 1.82) is 0 Å². The Balaban J connectivity index is 2.01. The zero-order chi connectivity index (χ0) is 14.4. The Morgan fingerprint density at radius 1 is 1.45 bits per heavy atom. The lowest BCUT2D eigenvalue weighted by molar-refractivity contribution is 0.0792. The van der Waals surface area contributed by atoms with Gasteiger partial charge in [0.1, 0.15) is 12.5 Å². The molecule has 0 aliphatic rings. The molecular weight excluding hydrogens is 258 g/mol. The van der Waals surface area contributed by atoms with Gasteiger partial charge in [0.2, 0.25) is 0 Å². The number of nitrogens with one attached hydrogen (secondary N) is 1. The van der Waals surface area contributed by atoms with Gasteiger partial charge in [-0.05, 0) is 25.1 Å². The molecule has 0 fully saturated rings. The molecule has 6 heteroatoms. The molecule has 2 aromatic rings. The molecule has 0 bridgehead atoms. The smallest absolute Gasteiger partial charge is 0.255 e. The molecule has 1 heterocycles. The number of hydrogen-bond donors (Lipinski definition) is 1. The molecule has 0 radical (unpaired) electrons. The fourth-order valence-electron chi connectivity index (χ4n) is 1.65. The van der Waals surface area contributed by atoms with Crippen LogP contribution in [0.25, 0.3) is 0 Å². The van der Waals surface area contributed by atoms with Gasteiger partial charge in [-0.3, -0.25) is 4.79 Å². The van der Waals surface area contributed by atoms with Gasteiger partial charge in [0.25, 0.3) is 5.91 Å². The van der Waals surface area contributed by atoms with Crippen LogP contribution in [0.15, 0.2) is 36.7 Å². The number of rotatable bonds is 6. The van der Waals surface area contributed by atoms with E-state index in [9.17, 15) is 4.79 Å². The maximum absolute atomic E-state index is 12.1. The standard InChI is InChI=1S/C14H17N3O3/c1-3-20-10-17-9-12(8-15-17)16-14(18)11-5-4-6-13(7-11)19-2/h4-9H,3,10H2,1-2H3,(H,16,18). The van der Waals surface area contributed by atoms with E-state index in [0.29, 0.717) is 30.3 Å². The first-order valence-corrected chi connectivity index (χ1v) is 6.28. The second kappa shape index (κ2) is 6.72. The number of carbonyl (C=O) groups excluding carboxylic acids is 1. The van der Waals surface area contributed by atoms with Gasteiger partial charge < -0.3 is 14.8 Å². The zero-order valence-corrected chi connectivity index (χ0v) is 11.5. The van der Waals surface area contributed by atoms with Crippen LogP contribution in [0.2, 0.25) is 0 Å². The third-order valence-electron chi connectivity index (χ3n) is 2.65. The predicted molar refractivity (Wildman–Crippen MR) is 74.8 cm³/mol. The first-order chi connectivity index (χ1) is 9.72. The zero-order valence-electron chi connectivity index (χ0n) is 11.5. The molecule has 1 N–H and O–H groups in total. The molecule has 0 saturated heterocycles. The normalized spacial score (nSPS) is 10.3. The lowest BCUT2D eigenvalue weighted by Crippen LogP contribution is -2.11. The molecule has 2 rings (SSSR count). The van der Waals surface area contributed by atoms with Crippen LogP contribution < -0.4 is 10.1 Å². The van der Waals surface area contributed by atoms with Crippen LogP contribution in [0.5, 0.6) is 5.75 Å². The number of carbonyl (C=O) groups is 1. The highest BCUT2D eigenvalue weighted by Crippen LogP contribution is 2.14. The highest BCUT2D eigenvalue weighted by molar-refractivity contribution is 6.04. The van der Waals surface area contributed by atoms with Gasteiger partial charge in [-0.1, -0.05) is 6.07 Å². The van der Waals surface area contributed by atoms with Gasteiger partial charge >= 0.3 is 0 Å². The Morgan fingerprint density at radius 3 is 3.05 bits per heavy atom. The molecule has 0 aliphatic heterocycles. The summed E-state index contributed by atoms with van der Waals surface area (Å²) in [5.41, 5.74) is 1.15. The Hall–Kier alpha value is -2.34. The molecule has 106 valence electrons. The van der Waals surface area contributed by atoms with Crippen molar-refractivity contribution < 1.29 is 14.3 Å². The van der Waals surface area contributed by atoms with E-state index in [1.54, 1.807) is 48.5 Å². The molecule has 0 saturated carbocycles. The SMILES string of the molecule is CCOCn1cc(NC(=O)c2cccc(OC)c2)cn1. The molecule has 6 nitrogen and oxygen atoms in total. The Morgan fingerprint density at radius 2 is 2.30 bits per heavy atom. The molecule has 1 aromatic heterocycles. The number of methoxy groups -OCH3 is 1. The van der Waals surface area contributed by atoms with Crippen molar-refractivity contribution in [2.45, 2.75) is 13.7 Å². The van der Waals surface area contributed by atoms with Crippen LogP contribution in [-0.2, 0) is 11.5 Å². The van der Waals surface area contributed by atoms with Gasteiger partial charge in [-0.25, -0.2) is 4.68 Å². The average molecular weight is 275 g/mol. The fourth-order valence-corrected chi connectivity index (χ4v) is 1.65. The molecule has 1 amide bonds. The van der Waals surface area contributed by atoms with Gasteiger partial charge in [0, 0.05) is 12.2 Å². The second-order valence-corrected chi connectivity index (χ2v) is 4.08. The third-order valence-corrected chi connectivity index (χ3v) is 2.65. The molecule has 0 spiro atoms. The summed E-state index contributed by atoms with van der Waals surface area (Å²) in [6.45, 7) is 2.89. The van der Waals surface area contributed by atoms with Crippen molar-refractivity contribution in [3.63, 3.8) is 0 Å². The summed E-state index contributed by atoms with van der Waals surface area (Å²) in [6, 6.07) is 6.96. The number of nitrogens with zero attached hydrogens (tertiary/aromatic N) is 2. The monoisotopic (exact) mass is 275 g/mol. The van der Waals surface area contributed by atoms with Crippen LogP contribution in [0, 0.1) is 0 Å². The van der Waals surface area contributed by atoms with Gasteiger partial charge in [0.05, 0.1) is 25.2 Å². The van der Waals surface area contributed by atoms with Crippen molar-refractivity contribution in [1.82, 2.24) is 9.78 Å². The maximum atomic E-state index is 12.1. The van der Waals surface area contributed by atoms with Gasteiger partial charge in [0.15, 0.2) is 0 Å². The molecule has 0 atom stereocenters. The summed E-state index contributed by atoms with van der Waals surface area (Å²) >= 11 is 0. The molecular formula is C14H17N3O3. The van der Waals surface area contributed by atoms with Gasteiger partial charge in [-0.2, -0.15) is 5.10 Å². The summed E-state index contributed by atoms with van der Waals surface area (Å²) in [5, 5.41) is 6.86. The van der Waals surface area contributed by atoms with Crippen molar-refractivity contribution in [2.24, 2.45) is 0 Å². The van der Waals surface area contributed by atoms with Crippen molar-refractivity contribution in [3.05, 3.63) is 42.2 Å². The van der Waals surface area contributed by atoms with Crippen LogP contribution >= 0.6 is 0 Å². The number of aromatic nitrogens is 2. The average Bonchev–Trinajstić information content (AvgIpc) is 2.92. The predicted octanol–water partition coefficient (Wildman–Crippen LogP) is 2.14. The van der Waals surface area contributed by atoms with Gasteiger partial charge in [-0.15, -0.1) is 0 Å². The highest BCUT2D eigenvalue weighted by Gasteiger charge is 2.08. The van der Waals surface area contributed by atoms with E-state index in [1.807, 2.05) is 6.92 Å². The number of anilines is 1. The van der Waals surface area contributed by atoms with Crippen molar-refractivity contribution in [3.8, 4) is 5.75 Å². The van der Waals surface area contributed by atoms with Crippen LogP contribution in [0.4, 0.5) is 5.69 Å².